The van der Waals surface area contributed by atoms with Crippen molar-refractivity contribution in [1.82, 2.24) is 20.4 Å². The zero-order chi connectivity index (χ0) is 23.0. The molecule has 1 fully saturated rings. The zero-order valence-electron chi connectivity index (χ0n) is 19.0. The van der Waals surface area contributed by atoms with Crippen molar-refractivity contribution in [2.24, 2.45) is 0 Å². The number of aromatic amines is 1. The van der Waals surface area contributed by atoms with Crippen LogP contribution >= 0.6 is 0 Å². The van der Waals surface area contributed by atoms with Gasteiger partial charge in [-0.1, -0.05) is 12.1 Å². The van der Waals surface area contributed by atoms with E-state index < -0.39 is 11.6 Å². The number of nitrogens with one attached hydrogen (secondary N) is 2. The fraction of sp³-hybridized carbons (Fsp3) is 0.500. The van der Waals surface area contributed by atoms with Crippen molar-refractivity contribution in [1.29, 1.82) is 0 Å². The summed E-state index contributed by atoms with van der Waals surface area (Å²) in [6, 6.07) is 6.39. The predicted molar refractivity (Wildman–Crippen MR) is 118 cm³/mol. The average molecular weight is 439 g/mol. The van der Waals surface area contributed by atoms with E-state index in [1.807, 2.05) is 32.9 Å². The molecule has 0 bridgehead atoms. The number of likely N-dealkylation sites (tertiary alicyclic amines) is 1. The summed E-state index contributed by atoms with van der Waals surface area (Å²) in [6.07, 6.45) is 1.46. The normalized spacial score (nSPS) is 22.7. The van der Waals surface area contributed by atoms with E-state index in [0.29, 0.717) is 30.7 Å². The van der Waals surface area contributed by atoms with E-state index in [9.17, 15) is 14.4 Å². The Bertz CT molecular complexity index is 1040. The molecule has 2 amide bonds. The highest BCUT2D eigenvalue weighted by Gasteiger charge is 2.44. The number of carbonyl (C=O) groups is 3. The molecule has 2 aliphatic rings. The van der Waals surface area contributed by atoms with Gasteiger partial charge in [0.2, 0.25) is 11.8 Å². The van der Waals surface area contributed by atoms with Gasteiger partial charge in [0.05, 0.1) is 23.7 Å². The first kappa shape index (κ1) is 22.0. The highest BCUT2D eigenvalue weighted by atomic mass is 16.5. The molecular weight excluding hydrogens is 408 g/mol. The number of carbonyl (C=O) groups excluding carboxylic acids is 3. The molecule has 170 valence electrons. The number of benzene rings is 1. The smallest absolute Gasteiger partial charge is 0.242 e. The number of nitrogens with zero attached hydrogens (tertiary/aromatic N) is 2. The molecule has 2 N–H and O–H groups in total. The van der Waals surface area contributed by atoms with E-state index in [1.165, 1.54) is 0 Å². The third-order valence-electron chi connectivity index (χ3n) is 6.74. The van der Waals surface area contributed by atoms with Crippen molar-refractivity contribution in [3.63, 3.8) is 0 Å². The lowest BCUT2D eigenvalue weighted by atomic mass is 9.84. The van der Waals surface area contributed by atoms with Crippen LogP contribution in [0.1, 0.15) is 72.9 Å². The third-order valence-corrected chi connectivity index (χ3v) is 6.74. The van der Waals surface area contributed by atoms with Gasteiger partial charge in [-0.3, -0.25) is 19.5 Å². The largest absolute Gasteiger partial charge is 0.486 e. The number of hydrogen-bond donors (Lipinski definition) is 2. The van der Waals surface area contributed by atoms with Crippen LogP contribution in [0.2, 0.25) is 0 Å². The van der Waals surface area contributed by atoms with Crippen LogP contribution in [0.3, 0.4) is 0 Å². The quantitative estimate of drug-likeness (QED) is 0.764. The molecule has 1 aromatic carbocycles. The number of H-pyrrole nitrogens is 1. The van der Waals surface area contributed by atoms with Gasteiger partial charge in [0.15, 0.2) is 5.78 Å². The average Bonchev–Trinajstić information content (AvgIpc) is 3.01. The Kier molecular flexibility index (Phi) is 5.79. The van der Waals surface area contributed by atoms with Gasteiger partial charge >= 0.3 is 0 Å². The molecule has 2 aromatic rings. The van der Waals surface area contributed by atoms with E-state index in [1.54, 1.807) is 24.0 Å². The van der Waals surface area contributed by atoms with Gasteiger partial charge in [-0.15, -0.1) is 0 Å². The van der Waals surface area contributed by atoms with Gasteiger partial charge in [0.1, 0.15) is 17.4 Å². The highest BCUT2D eigenvalue weighted by molar-refractivity contribution is 6.00. The number of fused-ring (bicyclic) bond motifs is 1. The lowest BCUT2D eigenvalue weighted by Gasteiger charge is -2.37. The molecule has 0 unspecified atom stereocenters. The Hall–Kier alpha value is -3.16. The van der Waals surface area contributed by atoms with Crippen LogP contribution in [0.25, 0.3) is 0 Å². The molecule has 0 saturated carbocycles. The summed E-state index contributed by atoms with van der Waals surface area (Å²) in [7, 11) is 0. The second-order valence-electron chi connectivity index (χ2n) is 8.97. The first-order valence-corrected chi connectivity index (χ1v) is 11.1. The molecule has 1 spiro atoms. The number of rotatable bonds is 4. The van der Waals surface area contributed by atoms with Crippen molar-refractivity contribution < 1.29 is 19.1 Å². The summed E-state index contributed by atoms with van der Waals surface area (Å²) in [5, 5.41) is 10.1. The maximum atomic E-state index is 13.0. The summed E-state index contributed by atoms with van der Waals surface area (Å²) in [6.45, 7) is 7.83. The summed E-state index contributed by atoms with van der Waals surface area (Å²) < 4.78 is 6.28. The topological polar surface area (TPSA) is 104 Å². The molecule has 1 saturated heterocycles. The second-order valence-corrected chi connectivity index (χ2v) is 8.97. The minimum atomic E-state index is -0.704. The SMILES string of the molecule is Cc1n[nH]c(C)c1[C@H](C)NC(=O)[C@@H](C)N1CC[C@@]2(CCC1=O)CC(=O)c1ccccc1O2. The molecule has 32 heavy (non-hydrogen) atoms. The standard InChI is InChI=1S/C24H30N4O4/c1-14(22-15(2)26-27-16(22)3)25-23(31)17(4)28-12-11-24(10-9-21(28)30)13-19(29)18-7-5-6-8-20(18)32-24/h5-8,14,17H,9-13H2,1-4H3,(H,25,31)(H,26,27)/t14-,17+,24-/m0/s1. The van der Waals surface area contributed by atoms with Gasteiger partial charge in [0, 0.05) is 30.6 Å². The van der Waals surface area contributed by atoms with E-state index in [4.69, 9.17) is 4.74 Å². The molecule has 0 aliphatic carbocycles. The van der Waals surface area contributed by atoms with Crippen LogP contribution in [0.4, 0.5) is 0 Å². The van der Waals surface area contributed by atoms with Crippen molar-refractivity contribution >= 4 is 17.6 Å². The zero-order valence-corrected chi connectivity index (χ0v) is 19.0. The van der Waals surface area contributed by atoms with Gasteiger partial charge in [-0.25, -0.2) is 0 Å². The number of aryl methyl sites for hydroxylation is 2. The maximum absolute atomic E-state index is 13.0. The minimum Gasteiger partial charge on any atom is -0.486 e. The molecule has 8 heteroatoms. The van der Waals surface area contributed by atoms with Crippen molar-refractivity contribution in [3.05, 3.63) is 46.8 Å². The van der Waals surface area contributed by atoms with Crippen LogP contribution in [0.15, 0.2) is 24.3 Å². The summed E-state index contributed by atoms with van der Waals surface area (Å²) in [4.78, 5) is 40.2. The lowest BCUT2D eigenvalue weighted by Crippen LogP contribution is -2.49. The molecule has 2 aliphatic heterocycles. The van der Waals surface area contributed by atoms with Crippen LogP contribution in [0.5, 0.6) is 5.75 Å². The number of ether oxygens (including phenoxy) is 1. The Morgan fingerprint density at radius 1 is 1.22 bits per heavy atom. The molecule has 0 radical (unpaired) electrons. The Morgan fingerprint density at radius 3 is 2.69 bits per heavy atom. The molecular formula is C24H30N4O4. The van der Waals surface area contributed by atoms with Crippen LogP contribution < -0.4 is 10.1 Å². The first-order valence-electron chi connectivity index (χ1n) is 11.1. The number of aromatic nitrogens is 2. The predicted octanol–water partition coefficient (Wildman–Crippen LogP) is 3.01. The van der Waals surface area contributed by atoms with E-state index in [-0.39, 0.29) is 36.5 Å². The number of amides is 2. The second kappa shape index (κ2) is 8.41. The summed E-state index contributed by atoms with van der Waals surface area (Å²) in [5.41, 5.74) is 2.60. The summed E-state index contributed by atoms with van der Waals surface area (Å²) >= 11 is 0. The number of hydrogen-bond acceptors (Lipinski definition) is 5. The summed E-state index contributed by atoms with van der Waals surface area (Å²) in [5.74, 6) is 0.309. The fourth-order valence-electron chi connectivity index (χ4n) is 4.93. The van der Waals surface area contributed by atoms with Gasteiger partial charge in [-0.2, -0.15) is 5.10 Å². The van der Waals surface area contributed by atoms with Crippen LogP contribution in [0, 0.1) is 13.8 Å². The lowest BCUT2D eigenvalue weighted by molar-refractivity contribution is -0.139. The van der Waals surface area contributed by atoms with Crippen molar-refractivity contribution in [2.45, 2.75) is 71.1 Å². The van der Waals surface area contributed by atoms with Crippen molar-refractivity contribution in [3.8, 4) is 5.75 Å². The molecule has 4 rings (SSSR count). The Labute approximate surface area is 187 Å². The van der Waals surface area contributed by atoms with Crippen molar-refractivity contribution in [2.75, 3.05) is 6.54 Å². The number of Topliss-reactive ketones (excluding diaryl/α,β-unsaturated/α-hetero) is 1. The van der Waals surface area contributed by atoms with Crippen LogP contribution in [-0.4, -0.2) is 50.9 Å². The number of para-hydroxylation sites is 1. The van der Waals surface area contributed by atoms with E-state index >= 15 is 0 Å². The molecule has 3 atom stereocenters. The van der Waals surface area contributed by atoms with Gasteiger partial charge in [-0.05, 0) is 46.2 Å². The highest BCUT2D eigenvalue weighted by Crippen LogP contribution is 2.39. The monoisotopic (exact) mass is 438 g/mol. The van der Waals surface area contributed by atoms with Crippen LogP contribution in [-0.2, 0) is 9.59 Å². The molecule has 1 aromatic heterocycles. The number of ketones is 1. The van der Waals surface area contributed by atoms with E-state index in [2.05, 4.69) is 15.5 Å². The minimum absolute atomic E-state index is 0.0400. The van der Waals surface area contributed by atoms with Gasteiger partial charge < -0.3 is 15.0 Å². The van der Waals surface area contributed by atoms with E-state index in [0.717, 1.165) is 17.0 Å². The fourth-order valence-corrected chi connectivity index (χ4v) is 4.93. The van der Waals surface area contributed by atoms with Gasteiger partial charge in [0.25, 0.3) is 0 Å². The molecule has 3 heterocycles. The third kappa shape index (κ3) is 4.01. The Morgan fingerprint density at radius 2 is 1.97 bits per heavy atom. The maximum Gasteiger partial charge on any atom is 0.242 e. The first-order chi connectivity index (χ1) is 15.2. The Balaban J connectivity index is 1.45. The molecule has 8 nitrogen and oxygen atoms in total.